The number of piperidine rings is 1. The van der Waals surface area contributed by atoms with Crippen LogP contribution in [0.5, 0.6) is 5.75 Å². The Balaban J connectivity index is 1.98. The Hall–Kier alpha value is -1.55. The molecule has 0 bridgehead atoms. The summed E-state index contributed by atoms with van der Waals surface area (Å²) >= 11 is 5.79. The van der Waals surface area contributed by atoms with Gasteiger partial charge in [-0.2, -0.15) is 0 Å². The van der Waals surface area contributed by atoms with E-state index in [1.165, 1.54) is 23.1 Å². The SMILES string of the molecule is CC1(C)C2C(=O)N(c3ccc(O)c(Cl)c3)C(=O)C21. The summed E-state index contributed by atoms with van der Waals surface area (Å²) in [6.07, 6.45) is 0. The molecule has 1 aromatic rings. The van der Waals surface area contributed by atoms with Gasteiger partial charge in [-0.05, 0) is 23.6 Å². The monoisotopic (exact) mass is 265 g/mol. The average molecular weight is 266 g/mol. The summed E-state index contributed by atoms with van der Waals surface area (Å²) in [6, 6.07) is 4.34. The molecule has 1 N–H and O–H groups in total. The second kappa shape index (κ2) is 3.26. The minimum atomic E-state index is -0.217. The summed E-state index contributed by atoms with van der Waals surface area (Å²) < 4.78 is 0. The van der Waals surface area contributed by atoms with Crippen LogP contribution in [0.2, 0.25) is 5.02 Å². The van der Waals surface area contributed by atoms with Crippen LogP contribution in [0, 0.1) is 17.3 Å². The highest BCUT2D eigenvalue weighted by Gasteiger charge is 2.72. The molecule has 2 unspecified atom stereocenters. The molecule has 2 aliphatic rings. The number of phenolic OH excluding ortho intramolecular Hbond substituents is 1. The minimum absolute atomic E-state index is 0.0648. The van der Waals surface area contributed by atoms with Crippen molar-refractivity contribution in [2.24, 2.45) is 17.3 Å². The predicted octanol–water partition coefficient (Wildman–Crippen LogP) is 2.19. The molecule has 2 amide bonds. The number of imide groups is 1. The first-order valence-electron chi connectivity index (χ1n) is 5.72. The zero-order valence-electron chi connectivity index (χ0n) is 9.98. The van der Waals surface area contributed by atoms with Crippen LogP contribution in [-0.2, 0) is 9.59 Å². The van der Waals surface area contributed by atoms with Crippen molar-refractivity contribution in [2.75, 3.05) is 4.90 Å². The number of halogens is 1. The number of benzene rings is 1. The molecule has 1 saturated heterocycles. The van der Waals surface area contributed by atoms with Crippen molar-refractivity contribution < 1.29 is 14.7 Å². The first-order chi connectivity index (χ1) is 8.35. The number of rotatable bonds is 1. The van der Waals surface area contributed by atoms with Crippen molar-refractivity contribution in [3.63, 3.8) is 0 Å². The van der Waals surface area contributed by atoms with Crippen LogP contribution in [0.3, 0.4) is 0 Å². The summed E-state index contributed by atoms with van der Waals surface area (Å²) in [5.74, 6) is -0.825. The number of carbonyl (C=O) groups excluding carboxylic acids is 2. The lowest BCUT2D eigenvalue weighted by Crippen LogP contribution is -2.36. The molecule has 1 heterocycles. The largest absolute Gasteiger partial charge is 0.506 e. The lowest BCUT2D eigenvalue weighted by molar-refractivity contribution is -0.125. The number of hydrogen-bond donors (Lipinski definition) is 1. The van der Waals surface area contributed by atoms with E-state index >= 15 is 0 Å². The fraction of sp³-hybridized carbons (Fsp3) is 0.385. The van der Waals surface area contributed by atoms with Gasteiger partial charge < -0.3 is 5.11 Å². The first-order valence-corrected chi connectivity index (χ1v) is 6.10. The molecular weight excluding hydrogens is 254 g/mol. The van der Waals surface area contributed by atoms with Gasteiger partial charge >= 0.3 is 0 Å². The molecule has 0 aromatic heterocycles. The number of nitrogens with zero attached hydrogens (tertiary/aromatic N) is 1. The van der Waals surface area contributed by atoms with E-state index in [1.54, 1.807) is 0 Å². The summed E-state index contributed by atoms with van der Waals surface area (Å²) in [5.41, 5.74) is 0.210. The van der Waals surface area contributed by atoms with Gasteiger partial charge in [-0.25, -0.2) is 4.90 Å². The molecule has 3 rings (SSSR count). The van der Waals surface area contributed by atoms with E-state index in [2.05, 4.69) is 0 Å². The number of aromatic hydroxyl groups is 1. The quantitative estimate of drug-likeness (QED) is 0.792. The Bertz CT molecular complexity index is 558. The highest BCUT2D eigenvalue weighted by Crippen LogP contribution is 2.63. The predicted molar refractivity (Wildman–Crippen MR) is 66.4 cm³/mol. The van der Waals surface area contributed by atoms with Gasteiger partial charge in [0, 0.05) is 0 Å². The third-order valence-corrected chi connectivity index (χ3v) is 4.29. The molecule has 2 atom stereocenters. The van der Waals surface area contributed by atoms with Crippen LogP contribution in [0.15, 0.2) is 18.2 Å². The zero-order chi connectivity index (χ0) is 13.2. The van der Waals surface area contributed by atoms with Crippen LogP contribution in [0.1, 0.15) is 13.8 Å². The Labute approximate surface area is 109 Å². The fourth-order valence-electron chi connectivity index (χ4n) is 2.84. The third kappa shape index (κ3) is 1.27. The second-order valence-corrected chi connectivity index (χ2v) is 5.83. The van der Waals surface area contributed by atoms with Gasteiger partial charge in [0.05, 0.1) is 22.5 Å². The van der Waals surface area contributed by atoms with Gasteiger partial charge in [-0.3, -0.25) is 9.59 Å². The maximum Gasteiger partial charge on any atom is 0.238 e. The summed E-state index contributed by atoms with van der Waals surface area (Å²) in [4.78, 5) is 25.5. The number of hydrogen-bond acceptors (Lipinski definition) is 3. The van der Waals surface area contributed by atoms with Crippen LogP contribution < -0.4 is 4.90 Å². The average Bonchev–Trinajstić information content (AvgIpc) is 2.74. The first kappa shape index (κ1) is 11.5. The molecule has 94 valence electrons. The van der Waals surface area contributed by atoms with Crippen molar-refractivity contribution in [2.45, 2.75) is 13.8 Å². The number of fused-ring (bicyclic) bond motifs is 1. The van der Waals surface area contributed by atoms with Gasteiger partial charge in [-0.1, -0.05) is 25.4 Å². The van der Waals surface area contributed by atoms with E-state index in [4.69, 9.17) is 11.6 Å². The van der Waals surface area contributed by atoms with Crippen LogP contribution in [-0.4, -0.2) is 16.9 Å². The van der Waals surface area contributed by atoms with Crippen molar-refractivity contribution in [1.29, 1.82) is 0 Å². The van der Waals surface area contributed by atoms with Gasteiger partial charge in [0.1, 0.15) is 5.75 Å². The second-order valence-electron chi connectivity index (χ2n) is 5.42. The molecular formula is C13H12ClNO3. The van der Waals surface area contributed by atoms with Crippen molar-refractivity contribution >= 4 is 29.1 Å². The number of carbonyl (C=O) groups is 2. The van der Waals surface area contributed by atoms with Crippen molar-refractivity contribution in [3.05, 3.63) is 23.2 Å². The summed E-state index contributed by atoms with van der Waals surface area (Å²) in [6.45, 7) is 3.86. The number of amides is 2. The van der Waals surface area contributed by atoms with E-state index in [-0.39, 0.29) is 39.8 Å². The van der Waals surface area contributed by atoms with E-state index in [1.807, 2.05) is 13.8 Å². The number of anilines is 1. The molecule has 1 aliphatic heterocycles. The molecule has 4 nitrogen and oxygen atoms in total. The molecule has 1 saturated carbocycles. The maximum atomic E-state index is 12.2. The van der Waals surface area contributed by atoms with Gasteiger partial charge in [0.15, 0.2) is 0 Å². The van der Waals surface area contributed by atoms with Crippen LogP contribution in [0.4, 0.5) is 5.69 Å². The maximum absolute atomic E-state index is 12.2. The Morgan fingerprint density at radius 3 is 2.28 bits per heavy atom. The lowest BCUT2D eigenvalue weighted by atomic mass is 10.1. The third-order valence-electron chi connectivity index (χ3n) is 3.99. The van der Waals surface area contributed by atoms with E-state index < -0.39 is 0 Å². The van der Waals surface area contributed by atoms with E-state index in [9.17, 15) is 14.7 Å². The smallest absolute Gasteiger partial charge is 0.238 e. The van der Waals surface area contributed by atoms with Gasteiger partial charge in [-0.15, -0.1) is 0 Å². The van der Waals surface area contributed by atoms with Crippen molar-refractivity contribution in [3.8, 4) is 5.75 Å². The van der Waals surface area contributed by atoms with Crippen LogP contribution >= 0.6 is 11.6 Å². The van der Waals surface area contributed by atoms with Gasteiger partial charge in [0.2, 0.25) is 11.8 Å². The molecule has 5 heteroatoms. The highest BCUT2D eigenvalue weighted by molar-refractivity contribution is 6.33. The molecule has 0 spiro atoms. The molecule has 0 radical (unpaired) electrons. The van der Waals surface area contributed by atoms with E-state index in [0.29, 0.717) is 5.69 Å². The summed E-state index contributed by atoms with van der Waals surface area (Å²) in [5, 5.41) is 9.47. The lowest BCUT2D eigenvalue weighted by Gasteiger charge is -2.20. The topological polar surface area (TPSA) is 57.6 Å². The molecule has 1 aromatic carbocycles. The van der Waals surface area contributed by atoms with Gasteiger partial charge in [0.25, 0.3) is 0 Å². The highest BCUT2D eigenvalue weighted by atomic mass is 35.5. The minimum Gasteiger partial charge on any atom is -0.506 e. The Morgan fingerprint density at radius 1 is 1.22 bits per heavy atom. The number of phenols is 1. The Kier molecular flexibility index (Phi) is 2.09. The molecule has 18 heavy (non-hydrogen) atoms. The zero-order valence-corrected chi connectivity index (χ0v) is 10.7. The normalized spacial score (nSPS) is 28.5. The Morgan fingerprint density at radius 2 is 1.78 bits per heavy atom. The summed E-state index contributed by atoms with van der Waals surface area (Å²) in [7, 11) is 0. The molecule has 2 fully saturated rings. The fourth-order valence-corrected chi connectivity index (χ4v) is 3.01. The van der Waals surface area contributed by atoms with Crippen LogP contribution in [0.25, 0.3) is 0 Å². The van der Waals surface area contributed by atoms with E-state index in [0.717, 1.165) is 0 Å². The molecule has 1 aliphatic carbocycles. The van der Waals surface area contributed by atoms with Crippen molar-refractivity contribution in [1.82, 2.24) is 0 Å². The standard InChI is InChI=1S/C13H12ClNO3/c1-13(2)9-10(13)12(18)15(11(9)17)6-3-4-8(16)7(14)5-6/h3-5,9-10,16H,1-2H3.